The van der Waals surface area contributed by atoms with Crippen molar-refractivity contribution in [1.82, 2.24) is 14.8 Å². The highest BCUT2D eigenvalue weighted by Crippen LogP contribution is 2.06. The number of hydrogen-bond acceptors (Lipinski definition) is 4. The molecule has 1 aromatic heterocycles. The SMILES string of the molecule is CCC(N)Cc1nnc(NC)n1C. The third-order valence-corrected chi connectivity index (χ3v) is 2.16. The molecule has 74 valence electrons. The zero-order chi connectivity index (χ0) is 9.84. The summed E-state index contributed by atoms with van der Waals surface area (Å²) in [7, 11) is 3.76. The smallest absolute Gasteiger partial charge is 0.224 e. The normalized spacial score (nSPS) is 12.9. The summed E-state index contributed by atoms with van der Waals surface area (Å²) in [4.78, 5) is 0. The van der Waals surface area contributed by atoms with Gasteiger partial charge in [0.15, 0.2) is 0 Å². The van der Waals surface area contributed by atoms with Crippen LogP contribution >= 0.6 is 0 Å². The van der Waals surface area contributed by atoms with Gasteiger partial charge in [0.1, 0.15) is 5.82 Å². The maximum Gasteiger partial charge on any atom is 0.224 e. The summed E-state index contributed by atoms with van der Waals surface area (Å²) in [5.74, 6) is 1.71. The number of nitrogens with two attached hydrogens (primary N) is 1. The molecule has 1 rings (SSSR count). The minimum Gasteiger partial charge on any atom is -0.357 e. The van der Waals surface area contributed by atoms with Crippen LogP contribution in [-0.4, -0.2) is 27.9 Å². The number of nitrogens with zero attached hydrogens (tertiary/aromatic N) is 3. The van der Waals surface area contributed by atoms with Crippen molar-refractivity contribution in [3.05, 3.63) is 5.82 Å². The van der Waals surface area contributed by atoms with E-state index >= 15 is 0 Å². The molecule has 0 radical (unpaired) electrons. The average Bonchev–Trinajstić information content (AvgIpc) is 2.48. The zero-order valence-electron chi connectivity index (χ0n) is 8.41. The summed E-state index contributed by atoms with van der Waals surface area (Å²) in [5, 5.41) is 11.0. The molecule has 5 nitrogen and oxygen atoms in total. The first-order valence-electron chi connectivity index (χ1n) is 4.50. The largest absolute Gasteiger partial charge is 0.357 e. The fourth-order valence-corrected chi connectivity index (χ4v) is 1.14. The molecule has 0 fully saturated rings. The molecule has 0 aromatic carbocycles. The molecule has 3 N–H and O–H groups in total. The van der Waals surface area contributed by atoms with Crippen molar-refractivity contribution >= 4 is 5.95 Å². The summed E-state index contributed by atoms with van der Waals surface area (Å²) in [6, 6.07) is 0.174. The Kier molecular flexibility index (Phi) is 3.25. The monoisotopic (exact) mass is 183 g/mol. The van der Waals surface area contributed by atoms with Gasteiger partial charge in [0.25, 0.3) is 0 Å². The van der Waals surface area contributed by atoms with Crippen molar-refractivity contribution in [2.45, 2.75) is 25.8 Å². The van der Waals surface area contributed by atoms with Crippen LogP contribution in [0, 0.1) is 0 Å². The maximum atomic E-state index is 5.82. The third-order valence-electron chi connectivity index (χ3n) is 2.16. The highest BCUT2D eigenvalue weighted by atomic mass is 15.3. The molecular weight excluding hydrogens is 166 g/mol. The molecule has 0 saturated carbocycles. The van der Waals surface area contributed by atoms with Gasteiger partial charge in [-0.3, -0.25) is 0 Å². The molecule has 0 spiro atoms. The first-order chi connectivity index (χ1) is 6.19. The van der Waals surface area contributed by atoms with Crippen molar-refractivity contribution in [2.75, 3.05) is 12.4 Å². The summed E-state index contributed by atoms with van der Waals surface area (Å²) in [6.45, 7) is 2.07. The van der Waals surface area contributed by atoms with Gasteiger partial charge in [-0.05, 0) is 6.42 Å². The van der Waals surface area contributed by atoms with E-state index in [4.69, 9.17) is 5.73 Å². The molecule has 5 heteroatoms. The lowest BCUT2D eigenvalue weighted by Crippen LogP contribution is -2.23. The topological polar surface area (TPSA) is 68.8 Å². The minimum absolute atomic E-state index is 0.174. The molecule has 1 aromatic rings. The van der Waals surface area contributed by atoms with Crippen LogP contribution in [0.15, 0.2) is 0 Å². The molecule has 0 amide bonds. The van der Waals surface area contributed by atoms with E-state index in [1.807, 2.05) is 18.7 Å². The van der Waals surface area contributed by atoms with Crippen molar-refractivity contribution in [3.63, 3.8) is 0 Å². The number of anilines is 1. The maximum absolute atomic E-state index is 5.82. The fourth-order valence-electron chi connectivity index (χ4n) is 1.14. The summed E-state index contributed by atoms with van der Waals surface area (Å²) in [5.41, 5.74) is 5.82. The van der Waals surface area contributed by atoms with Crippen LogP contribution in [0.4, 0.5) is 5.95 Å². The summed E-state index contributed by atoms with van der Waals surface area (Å²) in [6.07, 6.45) is 1.74. The van der Waals surface area contributed by atoms with Crippen molar-refractivity contribution < 1.29 is 0 Å². The van der Waals surface area contributed by atoms with E-state index in [0.29, 0.717) is 0 Å². The lowest BCUT2D eigenvalue weighted by molar-refractivity contribution is 0.608. The van der Waals surface area contributed by atoms with Crippen LogP contribution in [0.25, 0.3) is 0 Å². The quantitative estimate of drug-likeness (QED) is 0.696. The van der Waals surface area contributed by atoms with E-state index in [1.54, 1.807) is 0 Å². The minimum atomic E-state index is 0.174. The first kappa shape index (κ1) is 9.98. The molecule has 1 unspecified atom stereocenters. The second-order valence-electron chi connectivity index (χ2n) is 3.12. The summed E-state index contributed by atoms with van der Waals surface area (Å²) < 4.78 is 1.93. The van der Waals surface area contributed by atoms with E-state index in [9.17, 15) is 0 Å². The van der Waals surface area contributed by atoms with Crippen LogP contribution in [-0.2, 0) is 13.5 Å². The van der Waals surface area contributed by atoms with Crippen molar-refractivity contribution in [2.24, 2.45) is 12.8 Å². The Hall–Kier alpha value is -1.10. The molecule has 0 saturated heterocycles. The lowest BCUT2D eigenvalue weighted by atomic mass is 10.1. The summed E-state index contributed by atoms with van der Waals surface area (Å²) >= 11 is 0. The zero-order valence-corrected chi connectivity index (χ0v) is 8.41. The standard InChI is InChI=1S/C8H17N5/c1-4-6(9)5-7-11-12-8(10-2)13(7)3/h6H,4-5,9H2,1-3H3,(H,10,12). The van der Waals surface area contributed by atoms with Gasteiger partial charge in [0.05, 0.1) is 0 Å². The predicted molar refractivity (Wildman–Crippen MR) is 52.5 cm³/mol. The van der Waals surface area contributed by atoms with Crippen LogP contribution in [0.5, 0.6) is 0 Å². The Balaban J connectivity index is 2.72. The molecule has 1 atom stereocenters. The van der Waals surface area contributed by atoms with Gasteiger partial charge in [0, 0.05) is 26.6 Å². The Labute approximate surface area is 78.3 Å². The predicted octanol–water partition coefficient (Wildman–Crippen LogP) is 0.137. The van der Waals surface area contributed by atoms with E-state index in [0.717, 1.165) is 24.6 Å². The van der Waals surface area contributed by atoms with Gasteiger partial charge in [-0.2, -0.15) is 0 Å². The second kappa shape index (κ2) is 4.23. The molecule has 0 aliphatic rings. The Morgan fingerprint density at radius 1 is 1.54 bits per heavy atom. The van der Waals surface area contributed by atoms with Crippen molar-refractivity contribution in [1.29, 1.82) is 0 Å². The molecule has 1 heterocycles. The van der Waals surface area contributed by atoms with Crippen LogP contribution < -0.4 is 11.1 Å². The van der Waals surface area contributed by atoms with Gasteiger partial charge in [-0.1, -0.05) is 6.92 Å². The molecule has 13 heavy (non-hydrogen) atoms. The van der Waals surface area contributed by atoms with E-state index in [1.165, 1.54) is 0 Å². The van der Waals surface area contributed by atoms with Crippen LogP contribution in [0.3, 0.4) is 0 Å². The highest BCUT2D eigenvalue weighted by Gasteiger charge is 2.09. The molecular formula is C8H17N5. The van der Waals surface area contributed by atoms with E-state index < -0.39 is 0 Å². The van der Waals surface area contributed by atoms with Gasteiger partial charge in [0.2, 0.25) is 5.95 Å². The Bertz CT molecular complexity index is 267. The molecule has 0 aliphatic carbocycles. The number of nitrogens with one attached hydrogen (secondary N) is 1. The second-order valence-corrected chi connectivity index (χ2v) is 3.12. The van der Waals surface area contributed by atoms with Crippen LogP contribution in [0.2, 0.25) is 0 Å². The van der Waals surface area contributed by atoms with Gasteiger partial charge in [-0.15, -0.1) is 10.2 Å². The van der Waals surface area contributed by atoms with Gasteiger partial charge >= 0.3 is 0 Å². The third kappa shape index (κ3) is 2.18. The average molecular weight is 183 g/mol. The number of rotatable bonds is 4. The fraction of sp³-hybridized carbons (Fsp3) is 0.750. The van der Waals surface area contributed by atoms with Gasteiger partial charge in [-0.25, -0.2) is 0 Å². The van der Waals surface area contributed by atoms with E-state index in [-0.39, 0.29) is 6.04 Å². The van der Waals surface area contributed by atoms with Gasteiger partial charge < -0.3 is 15.6 Å². The van der Waals surface area contributed by atoms with E-state index in [2.05, 4.69) is 22.4 Å². The van der Waals surface area contributed by atoms with Crippen molar-refractivity contribution in [3.8, 4) is 0 Å². The molecule has 0 bridgehead atoms. The lowest BCUT2D eigenvalue weighted by Gasteiger charge is -2.07. The molecule has 0 aliphatic heterocycles. The first-order valence-corrected chi connectivity index (χ1v) is 4.50. The Morgan fingerprint density at radius 2 is 2.23 bits per heavy atom. The number of aromatic nitrogens is 3. The van der Waals surface area contributed by atoms with Crippen LogP contribution in [0.1, 0.15) is 19.2 Å². The number of hydrogen-bond donors (Lipinski definition) is 2. The Morgan fingerprint density at radius 3 is 2.69 bits per heavy atom. The highest BCUT2D eigenvalue weighted by molar-refractivity contribution is 5.23.